The maximum absolute atomic E-state index is 2.52. The molecule has 8 aromatic rings. The zero-order valence-electron chi connectivity index (χ0n) is 30.1. The van der Waals surface area contributed by atoms with Gasteiger partial charge in [0.05, 0.1) is 16.9 Å². The molecule has 0 radical (unpaired) electrons. The number of hydrogen-bond acceptors (Lipinski definition) is 2. The van der Waals surface area contributed by atoms with Crippen LogP contribution in [0.25, 0.3) is 32.3 Å². The highest BCUT2D eigenvalue weighted by molar-refractivity contribution is 6.05. The number of nitrogens with zero attached hydrogens (tertiary/aromatic N) is 2. The minimum Gasteiger partial charge on any atom is -0.331 e. The first-order valence-corrected chi connectivity index (χ1v) is 17.9. The highest BCUT2D eigenvalue weighted by Gasteiger charge is 2.32. The lowest BCUT2D eigenvalue weighted by atomic mass is 9.83. The van der Waals surface area contributed by atoms with Crippen LogP contribution < -0.4 is 9.80 Å². The van der Waals surface area contributed by atoms with Gasteiger partial charge in [-0.3, -0.25) is 0 Å². The molecule has 0 aliphatic rings. The summed E-state index contributed by atoms with van der Waals surface area (Å²) in [6, 6.07) is 64.3. The zero-order valence-corrected chi connectivity index (χ0v) is 30.1. The quantitative estimate of drug-likeness (QED) is 0.168. The Morgan fingerprint density at radius 2 is 0.706 bits per heavy atom. The van der Waals surface area contributed by atoms with Crippen LogP contribution in [0.4, 0.5) is 28.4 Å². The molecule has 0 aliphatic carbocycles. The Bertz CT molecular complexity index is 2390. The molecular formula is C49H44N2. The van der Waals surface area contributed by atoms with Crippen molar-refractivity contribution in [1.82, 2.24) is 0 Å². The maximum atomic E-state index is 2.52. The number of anilines is 5. The summed E-state index contributed by atoms with van der Waals surface area (Å²) in [7, 11) is 0. The summed E-state index contributed by atoms with van der Waals surface area (Å²) in [4.78, 5) is 4.94. The van der Waals surface area contributed by atoms with E-state index in [-0.39, 0.29) is 11.0 Å². The van der Waals surface area contributed by atoms with Gasteiger partial charge in [-0.15, -0.1) is 0 Å². The SMILES string of the molecule is CC(C)(C)c1ccc(C(C)(C)N(c2ccc(N(c3cccc4ccccc34)c3cccc4ccccc34)cc2)c2cccc3ccccc23)cc1. The van der Waals surface area contributed by atoms with Crippen LogP contribution in [-0.2, 0) is 11.0 Å². The summed E-state index contributed by atoms with van der Waals surface area (Å²) in [5, 5.41) is 7.34. The molecule has 0 amide bonds. The van der Waals surface area contributed by atoms with Crippen LogP contribution in [0.2, 0.25) is 0 Å². The first-order valence-electron chi connectivity index (χ1n) is 17.9. The molecule has 0 aliphatic heterocycles. The average Bonchev–Trinajstić information content (AvgIpc) is 3.15. The minimum absolute atomic E-state index is 0.0911. The second-order valence-corrected chi connectivity index (χ2v) is 15.1. The number of hydrogen-bond donors (Lipinski definition) is 0. The van der Waals surface area contributed by atoms with Crippen molar-refractivity contribution in [3.05, 3.63) is 187 Å². The van der Waals surface area contributed by atoms with Crippen molar-refractivity contribution in [3.8, 4) is 0 Å². The fourth-order valence-corrected chi connectivity index (χ4v) is 7.64. The Balaban J connectivity index is 1.31. The topological polar surface area (TPSA) is 6.48 Å². The lowest BCUT2D eigenvalue weighted by Crippen LogP contribution is -2.38. The summed E-state index contributed by atoms with van der Waals surface area (Å²) in [5.74, 6) is 0. The molecule has 8 rings (SSSR count). The van der Waals surface area contributed by atoms with Gasteiger partial charge < -0.3 is 9.80 Å². The van der Waals surface area contributed by atoms with Gasteiger partial charge in [0.25, 0.3) is 0 Å². The normalized spacial score (nSPS) is 12.0. The molecular weight excluding hydrogens is 617 g/mol. The summed E-state index contributed by atoms with van der Waals surface area (Å²) >= 11 is 0. The largest absolute Gasteiger partial charge is 0.331 e. The first kappa shape index (κ1) is 32.4. The highest BCUT2D eigenvalue weighted by Crippen LogP contribution is 2.46. The van der Waals surface area contributed by atoms with Gasteiger partial charge in [-0.05, 0) is 89.0 Å². The lowest BCUT2D eigenvalue weighted by molar-refractivity contribution is 0.534. The molecule has 8 aromatic carbocycles. The van der Waals surface area contributed by atoms with Gasteiger partial charge in [0.1, 0.15) is 0 Å². The van der Waals surface area contributed by atoms with Crippen molar-refractivity contribution in [2.75, 3.05) is 9.80 Å². The molecule has 0 saturated heterocycles. The summed E-state index contributed by atoms with van der Waals surface area (Å²) < 4.78 is 0. The van der Waals surface area contributed by atoms with Crippen molar-refractivity contribution in [2.24, 2.45) is 0 Å². The average molecular weight is 661 g/mol. The smallest absolute Gasteiger partial charge is 0.0646 e. The van der Waals surface area contributed by atoms with Gasteiger partial charge in [-0.25, -0.2) is 0 Å². The van der Waals surface area contributed by atoms with E-state index in [0.717, 1.165) is 22.7 Å². The molecule has 0 fully saturated rings. The van der Waals surface area contributed by atoms with Gasteiger partial charge in [0.15, 0.2) is 0 Å². The lowest BCUT2D eigenvalue weighted by Gasteiger charge is -2.42. The van der Waals surface area contributed by atoms with Gasteiger partial charge in [0.2, 0.25) is 0 Å². The van der Waals surface area contributed by atoms with Crippen molar-refractivity contribution < 1.29 is 0 Å². The molecule has 0 atom stereocenters. The predicted molar refractivity (Wildman–Crippen MR) is 220 cm³/mol. The number of fused-ring (bicyclic) bond motifs is 3. The van der Waals surface area contributed by atoms with E-state index >= 15 is 0 Å². The van der Waals surface area contributed by atoms with E-state index in [2.05, 4.69) is 220 Å². The summed E-state index contributed by atoms with van der Waals surface area (Å²) in [5.41, 5.74) is 8.06. The van der Waals surface area contributed by atoms with Crippen molar-refractivity contribution >= 4 is 60.8 Å². The van der Waals surface area contributed by atoms with E-state index in [1.165, 1.54) is 49.1 Å². The maximum Gasteiger partial charge on any atom is 0.0646 e. The second-order valence-electron chi connectivity index (χ2n) is 15.1. The Morgan fingerprint density at radius 1 is 0.333 bits per heavy atom. The summed E-state index contributed by atoms with van der Waals surface area (Å²) in [6.45, 7) is 11.5. The Hall–Kier alpha value is -5.86. The van der Waals surface area contributed by atoms with Gasteiger partial charge in [-0.1, -0.05) is 154 Å². The van der Waals surface area contributed by atoms with E-state index < -0.39 is 0 Å². The predicted octanol–water partition coefficient (Wildman–Crippen LogP) is 14.0. The van der Waals surface area contributed by atoms with Crippen molar-refractivity contribution in [3.63, 3.8) is 0 Å². The van der Waals surface area contributed by atoms with Crippen LogP contribution >= 0.6 is 0 Å². The molecule has 0 unspecified atom stereocenters. The third kappa shape index (κ3) is 5.91. The monoisotopic (exact) mass is 660 g/mol. The first-order chi connectivity index (χ1) is 24.7. The van der Waals surface area contributed by atoms with E-state index in [1.807, 2.05) is 0 Å². The van der Waals surface area contributed by atoms with Crippen LogP contribution in [0.5, 0.6) is 0 Å². The van der Waals surface area contributed by atoms with Gasteiger partial charge in [0, 0.05) is 33.2 Å². The molecule has 0 N–H and O–H groups in total. The molecule has 0 bridgehead atoms. The Labute approximate surface area is 302 Å². The fourth-order valence-electron chi connectivity index (χ4n) is 7.64. The van der Waals surface area contributed by atoms with Crippen LogP contribution in [0.1, 0.15) is 45.7 Å². The molecule has 0 aromatic heterocycles. The standard InChI is InChI=1S/C49H44N2/c1-48(2,3)38-27-29-39(30-28-38)49(4,5)51(47-26-14-20-37-17-8-11-23-44(37)47)41-33-31-40(32-34-41)50(45-24-12-18-35-15-6-9-21-42(35)45)46-25-13-19-36-16-7-10-22-43(36)46/h6-34H,1-5H3. The Morgan fingerprint density at radius 3 is 1.18 bits per heavy atom. The molecule has 0 heterocycles. The third-order valence-corrected chi connectivity index (χ3v) is 10.4. The molecule has 2 nitrogen and oxygen atoms in total. The Kier molecular flexibility index (Phi) is 8.11. The highest BCUT2D eigenvalue weighted by atomic mass is 15.2. The number of benzene rings is 8. The van der Waals surface area contributed by atoms with E-state index in [0.29, 0.717) is 0 Å². The van der Waals surface area contributed by atoms with Gasteiger partial charge in [-0.2, -0.15) is 0 Å². The molecule has 51 heavy (non-hydrogen) atoms. The van der Waals surface area contributed by atoms with Crippen molar-refractivity contribution in [1.29, 1.82) is 0 Å². The summed E-state index contributed by atoms with van der Waals surface area (Å²) in [6.07, 6.45) is 0. The van der Waals surface area contributed by atoms with E-state index in [9.17, 15) is 0 Å². The van der Waals surface area contributed by atoms with Crippen molar-refractivity contribution in [2.45, 2.75) is 45.6 Å². The van der Waals surface area contributed by atoms with Crippen LogP contribution in [-0.4, -0.2) is 0 Å². The second kappa shape index (κ2) is 12.8. The van der Waals surface area contributed by atoms with Crippen LogP contribution in [0.3, 0.4) is 0 Å². The minimum atomic E-state index is -0.368. The van der Waals surface area contributed by atoms with Crippen LogP contribution in [0.15, 0.2) is 176 Å². The third-order valence-electron chi connectivity index (χ3n) is 10.4. The fraction of sp³-hybridized carbons (Fsp3) is 0.143. The van der Waals surface area contributed by atoms with E-state index in [4.69, 9.17) is 0 Å². The van der Waals surface area contributed by atoms with E-state index in [1.54, 1.807) is 0 Å². The van der Waals surface area contributed by atoms with Gasteiger partial charge >= 0.3 is 0 Å². The molecule has 0 spiro atoms. The molecule has 0 saturated carbocycles. The molecule has 250 valence electrons. The van der Waals surface area contributed by atoms with Crippen LogP contribution in [0, 0.1) is 0 Å². The molecule has 2 heteroatoms. The zero-order chi connectivity index (χ0) is 35.2. The number of rotatable bonds is 7.